The van der Waals surface area contributed by atoms with Gasteiger partial charge >= 0.3 is 0 Å². The lowest BCUT2D eigenvalue weighted by Gasteiger charge is -2.34. The summed E-state index contributed by atoms with van der Waals surface area (Å²) in [7, 11) is 0. The van der Waals surface area contributed by atoms with Crippen molar-refractivity contribution in [2.45, 2.75) is 76.7 Å². The SMILES string of the molecule is C[C@H]1CNC2CCCCC2NC[C@H](C)NC[C@H](C)NCCN1. The third-order valence-corrected chi connectivity index (χ3v) is 5.02. The first-order valence-corrected chi connectivity index (χ1v) is 9.32. The highest BCUT2D eigenvalue weighted by molar-refractivity contribution is 4.88. The molecule has 2 aliphatic rings. The summed E-state index contributed by atoms with van der Waals surface area (Å²) in [5.74, 6) is 0. The van der Waals surface area contributed by atoms with Crippen LogP contribution in [0, 0.1) is 0 Å². The molecule has 1 aliphatic heterocycles. The molecule has 2 rings (SSSR count). The first-order chi connectivity index (χ1) is 10.6. The zero-order chi connectivity index (χ0) is 15.8. The van der Waals surface area contributed by atoms with Crippen molar-refractivity contribution >= 4 is 0 Å². The predicted octanol–water partition coefficient (Wildman–Crippen LogP) is 0.425. The van der Waals surface area contributed by atoms with Crippen LogP contribution in [-0.4, -0.2) is 62.9 Å². The number of nitrogens with one attached hydrogen (secondary N) is 5. The van der Waals surface area contributed by atoms with Crippen LogP contribution in [0.15, 0.2) is 0 Å². The second kappa shape index (κ2) is 9.83. The van der Waals surface area contributed by atoms with E-state index in [1.54, 1.807) is 0 Å². The standard InChI is InChI=1S/C17H37N5/c1-13-10-20-15(3)12-22-17-7-5-4-6-16(17)21-11-14(2)19-9-8-18-13/h13-22H,4-12H2,1-3H3/t13-,14-,15-,16?,17?/m0/s1. The van der Waals surface area contributed by atoms with Gasteiger partial charge in [-0.1, -0.05) is 12.8 Å². The van der Waals surface area contributed by atoms with Crippen LogP contribution in [0.3, 0.4) is 0 Å². The molecule has 2 unspecified atom stereocenters. The number of hydrogen-bond donors (Lipinski definition) is 5. The molecule has 0 aromatic heterocycles. The van der Waals surface area contributed by atoms with Crippen LogP contribution in [0.1, 0.15) is 46.5 Å². The summed E-state index contributed by atoms with van der Waals surface area (Å²) in [4.78, 5) is 0. The number of hydrogen-bond acceptors (Lipinski definition) is 5. The average molecular weight is 312 g/mol. The molecule has 0 aromatic carbocycles. The van der Waals surface area contributed by atoms with Crippen molar-refractivity contribution in [2.24, 2.45) is 0 Å². The van der Waals surface area contributed by atoms with Crippen LogP contribution in [-0.2, 0) is 0 Å². The molecule has 0 bridgehead atoms. The molecule has 1 heterocycles. The van der Waals surface area contributed by atoms with Crippen molar-refractivity contribution in [1.29, 1.82) is 0 Å². The van der Waals surface area contributed by atoms with E-state index in [4.69, 9.17) is 0 Å². The molecule has 0 amide bonds. The molecule has 1 aliphatic carbocycles. The molecule has 2 fully saturated rings. The maximum atomic E-state index is 3.80. The van der Waals surface area contributed by atoms with Crippen LogP contribution in [0.5, 0.6) is 0 Å². The van der Waals surface area contributed by atoms with E-state index in [1.807, 2.05) is 0 Å². The zero-order valence-corrected chi connectivity index (χ0v) is 14.8. The lowest BCUT2D eigenvalue weighted by atomic mass is 9.90. The predicted molar refractivity (Wildman–Crippen MR) is 94.4 cm³/mol. The largest absolute Gasteiger partial charge is 0.312 e. The second-order valence-corrected chi connectivity index (χ2v) is 7.33. The van der Waals surface area contributed by atoms with Crippen molar-refractivity contribution in [3.8, 4) is 0 Å². The van der Waals surface area contributed by atoms with E-state index in [2.05, 4.69) is 47.4 Å². The van der Waals surface area contributed by atoms with Crippen molar-refractivity contribution in [3.05, 3.63) is 0 Å². The minimum atomic E-state index is 0.519. The van der Waals surface area contributed by atoms with Crippen molar-refractivity contribution < 1.29 is 0 Å². The minimum absolute atomic E-state index is 0.519. The normalized spacial score (nSPS) is 40.2. The Labute approximate surface area is 136 Å². The van der Waals surface area contributed by atoms with Crippen LogP contribution >= 0.6 is 0 Å². The molecule has 0 radical (unpaired) electrons. The summed E-state index contributed by atoms with van der Waals surface area (Å²) in [6.07, 6.45) is 5.36. The highest BCUT2D eigenvalue weighted by atomic mass is 15.1. The molecule has 1 saturated heterocycles. The van der Waals surface area contributed by atoms with Gasteiger partial charge in [0.2, 0.25) is 0 Å². The fourth-order valence-electron chi connectivity index (χ4n) is 3.51. The van der Waals surface area contributed by atoms with Gasteiger partial charge < -0.3 is 26.6 Å². The van der Waals surface area contributed by atoms with E-state index in [1.165, 1.54) is 25.7 Å². The maximum absolute atomic E-state index is 3.80. The molecule has 5 heteroatoms. The molecule has 22 heavy (non-hydrogen) atoms. The second-order valence-electron chi connectivity index (χ2n) is 7.33. The Morgan fingerprint density at radius 3 is 1.45 bits per heavy atom. The van der Waals surface area contributed by atoms with Crippen LogP contribution < -0.4 is 26.6 Å². The van der Waals surface area contributed by atoms with Gasteiger partial charge in [0.25, 0.3) is 0 Å². The highest BCUT2D eigenvalue weighted by Gasteiger charge is 2.25. The summed E-state index contributed by atoms with van der Waals surface area (Å²) in [6.45, 7) is 12.0. The molecule has 5 nitrogen and oxygen atoms in total. The van der Waals surface area contributed by atoms with E-state index < -0.39 is 0 Å². The summed E-state index contributed by atoms with van der Waals surface area (Å²) < 4.78 is 0. The van der Waals surface area contributed by atoms with Gasteiger partial charge in [-0.25, -0.2) is 0 Å². The van der Waals surface area contributed by atoms with E-state index >= 15 is 0 Å². The molecule has 0 aromatic rings. The van der Waals surface area contributed by atoms with E-state index in [-0.39, 0.29) is 0 Å². The third-order valence-electron chi connectivity index (χ3n) is 5.02. The van der Waals surface area contributed by atoms with Crippen molar-refractivity contribution in [1.82, 2.24) is 26.6 Å². The lowest BCUT2D eigenvalue weighted by Crippen LogP contribution is -2.54. The first-order valence-electron chi connectivity index (χ1n) is 9.32. The zero-order valence-electron chi connectivity index (χ0n) is 14.8. The average Bonchev–Trinajstić information content (AvgIpc) is 2.53. The molecule has 130 valence electrons. The molecular formula is C17H37N5. The third kappa shape index (κ3) is 6.50. The van der Waals surface area contributed by atoms with Gasteiger partial charge in [-0.15, -0.1) is 0 Å². The van der Waals surface area contributed by atoms with E-state index in [0.29, 0.717) is 30.2 Å². The Kier molecular flexibility index (Phi) is 8.11. The van der Waals surface area contributed by atoms with Gasteiger partial charge in [0.05, 0.1) is 0 Å². The Morgan fingerprint density at radius 1 is 0.545 bits per heavy atom. The smallest absolute Gasteiger partial charge is 0.0221 e. The Hall–Kier alpha value is -0.200. The molecule has 1 saturated carbocycles. The molecule has 0 spiro atoms. The molecule has 5 N–H and O–H groups in total. The van der Waals surface area contributed by atoms with Crippen molar-refractivity contribution in [3.63, 3.8) is 0 Å². The fourth-order valence-corrected chi connectivity index (χ4v) is 3.51. The van der Waals surface area contributed by atoms with Gasteiger partial charge in [0.1, 0.15) is 0 Å². The summed E-state index contributed by atoms with van der Waals surface area (Å²) >= 11 is 0. The monoisotopic (exact) mass is 311 g/mol. The van der Waals surface area contributed by atoms with Crippen molar-refractivity contribution in [2.75, 3.05) is 32.7 Å². The number of fused-ring (bicyclic) bond motifs is 1. The quantitative estimate of drug-likeness (QED) is 0.449. The Bertz CT molecular complexity index is 299. The first kappa shape index (κ1) is 18.1. The Morgan fingerprint density at radius 2 is 0.955 bits per heavy atom. The van der Waals surface area contributed by atoms with Gasteiger partial charge in [0, 0.05) is 62.9 Å². The highest BCUT2D eigenvalue weighted by Crippen LogP contribution is 2.18. The Balaban J connectivity index is 1.88. The van der Waals surface area contributed by atoms with Gasteiger partial charge in [-0.3, -0.25) is 0 Å². The minimum Gasteiger partial charge on any atom is -0.312 e. The van der Waals surface area contributed by atoms with Gasteiger partial charge in [0.15, 0.2) is 0 Å². The summed E-state index contributed by atoms with van der Waals surface area (Å²) in [6, 6.07) is 2.83. The maximum Gasteiger partial charge on any atom is 0.0221 e. The van der Waals surface area contributed by atoms with Crippen LogP contribution in [0.2, 0.25) is 0 Å². The summed E-state index contributed by atoms with van der Waals surface area (Å²) in [5, 5.41) is 18.4. The fraction of sp³-hybridized carbons (Fsp3) is 1.00. The molecular weight excluding hydrogens is 274 g/mol. The van der Waals surface area contributed by atoms with Gasteiger partial charge in [-0.2, -0.15) is 0 Å². The van der Waals surface area contributed by atoms with Crippen LogP contribution in [0.25, 0.3) is 0 Å². The van der Waals surface area contributed by atoms with E-state index in [9.17, 15) is 0 Å². The van der Waals surface area contributed by atoms with Gasteiger partial charge in [-0.05, 0) is 33.6 Å². The van der Waals surface area contributed by atoms with E-state index in [0.717, 1.165) is 32.7 Å². The lowest BCUT2D eigenvalue weighted by molar-refractivity contribution is 0.271. The molecule has 5 atom stereocenters. The number of rotatable bonds is 0. The summed E-state index contributed by atoms with van der Waals surface area (Å²) in [5.41, 5.74) is 0. The topological polar surface area (TPSA) is 60.1 Å². The van der Waals surface area contributed by atoms with Crippen LogP contribution in [0.4, 0.5) is 0 Å².